The molecule has 2 fully saturated rings. The summed E-state index contributed by atoms with van der Waals surface area (Å²) in [6.45, 7) is 2.44. The van der Waals surface area contributed by atoms with Crippen LogP contribution < -0.4 is 10.6 Å². The SMILES string of the molecule is O=C(O)CN1CCN(C(=O)N[C@H]2CN[C@H](C(=O)O)C2)CC1. The molecule has 0 aromatic carbocycles. The summed E-state index contributed by atoms with van der Waals surface area (Å²) >= 11 is 0. The number of aliphatic carboxylic acids is 2. The lowest BCUT2D eigenvalue weighted by Crippen LogP contribution is -2.54. The van der Waals surface area contributed by atoms with Crippen LogP contribution in [-0.2, 0) is 9.59 Å². The first-order chi connectivity index (χ1) is 9.95. The minimum Gasteiger partial charge on any atom is -0.480 e. The zero-order valence-corrected chi connectivity index (χ0v) is 11.6. The van der Waals surface area contributed by atoms with Gasteiger partial charge in [0.2, 0.25) is 0 Å². The summed E-state index contributed by atoms with van der Waals surface area (Å²) in [4.78, 5) is 36.9. The number of nitrogens with one attached hydrogen (secondary N) is 2. The Bertz CT molecular complexity index is 422. The van der Waals surface area contributed by atoms with E-state index in [1.807, 2.05) is 0 Å². The van der Waals surface area contributed by atoms with Crippen LogP contribution >= 0.6 is 0 Å². The number of carbonyl (C=O) groups is 3. The Hall–Kier alpha value is -1.87. The smallest absolute Gasteiger partial charge is 0.320 e. The van der Waals surface area contributed by atoms with E-state index in [2.05, 4.69) is 10.6 Å². The lowest BCUT2D eigenvalue weighted by Gasteiger charge is -2.34. The fourth-order valence-corrected chi connectivity index (χ4v) is 2.60. The molecule has 0 aromatic heterocycles. The first kappa shape index (κ1) is 15.5. The number of carboxylic acids is 2. The Kier molecular flexibility index (Phi) is 4.97. The van der Waals surface area contributed by atoms with Gasteiger partial charge in [0.1, 0.15) is 6.04 Å². The molecule has 21 heavy (non-hydrogen) atoms. The highest BCUT2D eigenvalue weighted by atomic mass is 16.4. The first-order valence-electron chi connectivity index (χ1n) is 6.91. The maximum Gasteiger partial charge on any atom is 0.320 e. The van der Waals surface area contributed by atoms with E-state index in [9.17, 15) is 14.4 Å². The van der Waals surface area contributed by atoms with Gasteiger partial charge in [0.15, 0.2) is 0 Å². The van der Waals surface area contributed by atoms with E-state index in [0.29, 0.717) is 39.1 Å². The highest BCUT2D eigenvalue weighted by molar-refractivity contribution is 5.76. The first-order valence-corrected chi connectivity index (χ1v) is 6.91. The molecule has 2 aliphatic heterocycles. The quantitative estimate of drug-likeness (QED) is 0.484. The highest BCUT2D eigenvalue weighted by Gasteiger charge is 2.31. The summed E-state index contributed by atoms with van der Waals surface area (Å²) in [5.74, 6) is -1.78. The molecule has 0 aliphatic carbocycles. The Labute approximate surface area is 121 Å². The number of nitrogens with zero attached hydrogens (tertiary/aromatic N) is 2. The molecular formula is C12H20N4O5. The normalized spacial score (nSPS) is 26.6. The van der Waals surface area contributed by atoms with Crippen LogP contribution in [0.5, 0.6) is 0 Å². The van der Waals surface area contributed by atoms with E-state index in [4.69, 9.17) is 10.2 Å². The van der Waals surface area contributed by atoms with E-state index < -0.39 is 18.0 Å². The molecule has 0 spiro atoms. The molecule has 2 saturated heterocycles. The summed E-state index contributed by atoms with van der Waals surface area (Å²) in [7, 11) is 0. The molecule has 9 heteroatoms. The van der Waals surface area contributed by atoms with Crippen molar-refractivity contribution in [2.45, 2.75) is 18.5 Å². The summed E-state index contributed by atoms with van der Waals surface area (Å²) in [6, 6.07) is -1.01. The van der Waals surface area contributed by atoms with Crippen molar-refractivity contribution in [1.82, 2.24) is 20.4 Å². The predicted octanol–water partition coefficient (Wildman–Crippen LogP) is -1.79. The van der Waals surface area contributed by atoms with E-state index in [-0.39, 0.29) is 18.6 Å². The van der Waals surface area contributed by atoms with Gasteiger partial charge >= 0.3 is 18.0 Å². The number of piperazine rings is 1. The van der Waals surface area contributed by atoms with Crippen molar-refractivity contribution in [1.29, 1.82) is 0 Å². The van der Waals surface area contributed by atoms with Crippen molar-refractivity contribution in [3.63, 3.8) is 0 Å². The van der Waals surface area contributed by atoms with Crippen LogP contribution in [0.3, 0.4) is 0 Å². The summed E-state index contributed by atoms with van der Waals surface area (Å²) in [5, 5.41) is 23.2. The van der Waals surface area contributed by atoms with Gasteiger partial charge in [-0.2, -0.15) is 0 Å². The molecule has 0 unspecified atom stereocenters. The Morgan fingerprint density at radius 1 is 1.14 bits per heavy atom. The molecule has 0 aromatic rings. The number of hydrogen-bond acceptors (Lipinski definition) is 5. The molecule has 0 bridgehead atoms. The van der Waals surface area contributed by atoms with Gasteiger partial charge in [-0.15, -0.1) is 0 Å². The molecular weight excluding hydrogens is 280 g/mol. The van der Waals surface area contributed by atoms with Crippen molar-refractivity contribution < 1.29 is 24.6 Å². The average Bonchev–Trinajstić information content (AvgIpc) is 2.87. The molecule has 2 rings (SSSR count). The lowest BCUT2D eigenvalue weighted by molar-refractivity contribution is -0.139. The number of hydrogen-bond donors (Lipinski definition) is 4. The molecule has 2 heterocycles. The maximum atomic E-state index is 12.1. The Balaban J connectivity index is 1.73. The monoisotopic (exact) mass is 300 g/mol. The van der Waals surface area contributed by atoms with E-state index >= 15 is 0 Å². The van der Waals surface area contributed by atoms with E-state index in [0.717, 1.165) is 0 Å². The van der Waals surface area contributed by atoms with Crippen molar-refractivity contribution in [3.8, 4) is 0 Å². The van der Waals surface area contributed by atoms with E-state index in [1.165, 1.54) is 0 Å². The fraction of sp³-hybridized carbons (Fsp3) is 0.750. The molecule has 2 atom stereocenters. The summed E-state index contributed by atoms with van der Waals surface area (Å²) in [6.07, 6.45) is 0.375. The van der Waals surface area contributed by atoms with Crippen molar-refractivity contribution >= 4 is 18.0 Å². The number of carboxylic acid groups (broad SMARTS) is 2. The Morgan fingerprint density at radius 2 is 1.81 bits per heavy atom. The van der Waals surface area contributed by atoms with Crippen LogP contribution in [0, 0.1) is 0 Å². The van der Waals surface area contributed by atoms with Crippen molar-refractivity contribution in [2.75, 3.05) is 39.3 Å². The van der Waals surface area contributed by atoms with Gasteiger partial charge in [0.25, 0.3) is 0 Å². The summed E-state index contributed by atoms with van der Waals surface area (Å²) in [5.41, 5.74) is 0. The third kappa shape index (κ3) is 4.30. The minimum atomic E-state index is -0.908. The second kappa shape index (κ2) is 6.72. The highest BCUT2D eigenvalue weighted by Crippen LogP contribution is 2.08. The van der Waals surface area contributed by atoms with Crippen LogP contribution in [0.25, 0.3) is 0 Å². The fourth-order valence-electron chi connectivity index (χ4n) is 2.60. The number of rotatable bonds is 4. The largest absolute Gasteiger partial charge is 0.480 e. The van der Waals surface area contributed by atoms with Crippen LogP contribution in [-0.4, -0.2) is 89.3 Å². The van der Waals surface area contributed by atoms with Crippen molar-refractivity contribution in [2.24, 2.45) is 0 Å². The van der Waals surface area contributed by atoms with Gasteiger partial charge in [-0.05, 0) is 6.42 Å². The molecule has 118 valence electrons. The second-order valence-corrected chi connectivity index (χ2v) is 5.34. The van der Waals surface area contributed by atoms with Crippen LogP contribution in [0.2, 0.25) is 0 Å². The predicted molar refractivity (Wildman–Crippen MR) is 72.0 cm³/mol. The molecule has 0 radical (unpaired) electrons. The minimum absolute atomic E-state index is 0.0116. The number of amides is 2. The average molecular weight is 300 g/mol. The third-order valence-electron chi connectivity index (χ3n) is 3.77. The van der Waals surface area contributed by atoms with E-state index in [1.54, 1.807) is 9.80 Å². The maximum absolute atomic E-state index is 12.1. The van der Waals surface area contributed by atoms with Crippen LogP contribution in [0.1, 0.15) is 6.42 Å². The molecule has 2 amide bonds. The number of urea groups is 1. The van der Waals surface area contributed by atoms with Gasteiger partial charge in [-0.1, -0.05) is 0 Å². The summed E-state index contributed by atoms with van der Waals surface area (Å²) < 4.78 is 0. The Morgan fingerprint density at radius 3 is 2.33 bits per heavy atom. The van der Waals surface area contributed by atoms with Gasteiger partial charge in [0, 0.05) is 38.8 Å². The zero-order chi connectivity index (χ0) is 15.4. The van der Waals surface area contributed by atoms with Crippen LogP contribution in [0.15, 0.2) is 0 Å². The molecule has 9 nitrogen and oxygen atoms in total. The topological polar surface area (TPSA) is 122 Å². The van der Waals surface area contributed by atoms with Crippen LogP contribution in [0.4, 0.5) is 4.79 Å². The number of carbonyl (C=O) groups excluding carboxylic acids is 1. The van der Waals surface area contributed by atoms with Gasteiger partial charge < -0.3 is 25.7 Å². The third-order valence-corrected chi connectivity index (χ3v) is 3.77. The molecule has 2 aliphatic rings. The lowest BCUT2D eigenvalue weighted by atomic mass is 10.2. The van der Waals surface area contributed by atoms with Gasteiger partial charge in [-0.3, -0.25) is 14.5 Å². The molecule has 4 N–H and O–H groups in total. The van der Waals surface area contributed by atoms with Crippen molar-refractivity contribution in [3.05, 3.63) is 0 Å². The standard InChI is InChI=1S/C12H20N4O5/c17-10(18)7-15-1-3-16(4-2-15)12(21)14-8-5-9(11(19)20)13-6-8/h8-9,13H,1-7H2,(H,14,21)(H,17,18)(H,19,20)/t8-,9+/m1/s1. The van der Waals surface area contributed by atoms with Gasteiger partial charge in [-0.25, -0.2) is 4.79 Å². The zero-order valence-electron chi connectivity index (χ0n) is 11.6. The van der Waals surface area contributed by atoms with Gasteiger partial charge in [0.05, 0.1) is 6.54 Å². The second-order valence-electron chi connectivity index (χ2n) is 5.34. The molecule has 0 saturated carbocycles.